The van der Waals surface area contributed by atoms with Crippen molar-refractivity contribution in [1.82, 2.24) is 10.6 Å². The van der Waals surface area contributed by atoms with Crippen molar-refractivity contribution >= 4 is 11.8 Å². The van der Waals surface area contributed by atoms with Crippen molar-refractivity contribution in [3.8, 4) is 0 Å². The Bertz CT molecular complexity index is 530. The van der Waals surface area contributed by atoms with E-state index in [1.165, 1.54) is 22.4 Å². The molecule has 120 valence electrons. The lowest BCUT2D eigenvalue weighted by Crippen LogP contribution is -3.10. The maximum Gasteiger partial charge on any atom is 0.275 e. The van der Waals surface area contributed by atoms with Crippen LogP contribution in [-0.4, -0.2) is 38.5 Å². The Labute approximate surface area is 132 Å². The average molecular weight is 304 g/mol. The molecule has 0 bridgehead atoms. The minimum atomic E-state index is -0.142. The molecule has 0 radical (unpaired) electrons. The third-order valence-electron chi connectivity index (χ3n) is 4.22. The van der Waals surface area contributed by atoms with E-state index in [-0.39, 0.29) is 18.4 Å². The van der Waals surface area contributed by atoms with Crippen LogP contribution in [0.4, 0.5) is 0 Å². The summed E-state index contributed by atoms with van der Waals surface area (Å²) < 4.78 is 0. The first-order valence-electron chi connectivity index (χ1n) is 8.05. The second-order valence-corrected chi connectivity index (χ2v) is 5.90. The fourth-order valence-corrected chi connectivity index (χ4v) is 3.14. The Morgan fingerprint density at radius 3 is 2.77 bits per heavy atom. The molecule has 0 aliphatic heterocycles. The number of carbonyl (C=O) groups excluding carboxylic acids is 2. The number of fused-ring (bicyclic) bond motifs is 1. The number of carbonyl (C=O) groups is 2. The summed E-state index contributed by atoms with van der Waals surface area (Å²) in [5.41, 5.74) is 2.77. The molecule has 1 aromatic rings. The maximum absolute atomic E-state index is 12.0. The molecule has 22 heavy (non-hydrogen) atoms. The van der Waals surface area contributed by atoms with Crippen molar-refractivity contribution in [2.75, 3.05) is 26.7 Å². The van der Waals surface area contributed by atoms with Gasteiger partial charge in [-0.1, -0.05) is 24.3 Å². The molecule has 0 heterocycles. The molecule has 0 spiro atoms. The quantitative estimate of drug-likeness (QED) is 0.683. The second-order valence-electron chi connectivity index (χ2n) is 5.90. The zero-order chi connectivity index (χ0) is 15.9. The SMILES string of the molecule is CCNC(=O)CNC(=O)C[NH+](C)[C@H]1CCCc2ccccc21. The lowest BCUT2D eigenvalue weighted by molar-refractivity contribution is -0.905. The van der Waals surface area contributed by atoms with Crippen molar-refractivity contribution in [3.05, 3.63) is 35.4 Å². The lowest BCUT2D eigenvalue weighted by Gasteiger charge is -2.30. The van der Waals surface area contributed by atoms with E-state index in [2.05, 4.69) is 41.9 Å². The van der Waals surface area contributed by atoms with Crippen molar-refractivity contribution < 1.29 is 14.5 Å². The predicted molar refractivity (Wildman–Crippen MR) is 85.6 cm³/mol. The Morgan fingerprint density at radius 2 is 2.00 bits per heavy atom. The number of hydrogen-bond acceptors (Lipinski definition) is 2. The van der Waals surface area contributed by atoms with Gasteiger partial charge < -0.3 is 15.5 Å². The van der Waals surface area contributed by atoms with E-state index in [0.717, 1.165) is 12.8 Å². The first kappa shape index (κ1) is 16.5. The molecule has 0 aromatic heterocycles. The first-order valence-corrected chi connectivity index (χ1v) is 8.05. The first-order chi connectivity index (χ1) is 10.6. The zero-order valence-corrected chi connectivity index (χ0v) is 13.4. The fraction of sp³-hybridized carbons (Fsp3) is 0.529. The number of hydrogen-bond donors (Lipinski definition) is 3. The number of aryl methyl sites for hydroxylation is 1. The van der Waals surface area contributed by atoms with Crippen LogP contribution in [0.15, 0.2) is 24.3 Å². The zero-order valence-electron chi connectivity index (χ0n) is 13.4. The van der Waals surface area contributed by atoms with Gasteiger partial charge in [-0.2, -0.15) is 0 Å². The summed E-state index contributed by atoms with van der Waals surface area (Å²) in [6.45, 7) is 2.89. The molecule has 1 aliphatic carbocycles. The van der Waals surface area contributed by atoms with Crippen molar-refractivity contribution in [3.63, 3.8) is 0 Å². The molecule has 5 heteroatoms. The van der Waals surface area contributed by atoms with Crippen molar-refractivity contribution in [2.45, 2.75) is 32.2 Å². The van der Waals surface area contributed by atoms with Gasteiger partial charge >= 0.3 is 0 Å². The Hall–Kier alpha value is -1.88. The van der Waals surface area contributed by atoms with Crippen LogP contribution in [0.2, 0.25) is 0 Å². The van der Waals surface area contributed by atoms with Crippen LogP contribution in [0.3, 0.4) is 0 Å². The van der Waals surface area contributed by atoms with Gasteiger partial charge in [-0.15, -0.1) is 0 Å². The van der Waals surface area contributed by atoms with Crippen LogP contribution in [0.5, 0.6) is 0 Å². The van der Waals surface area contributed by atoms with Crippen molar-refractivity contribution in [2.24, 2.45) is 0 Å². The lowest BCUT2D eigenvalue weighted by atomic mass is 9.87. The summed E-state index contributed by atoms with van der Waals surface area (Å²) in [6, 6.07) is 8.87. The molecule has 1 unspecified atom stereocenters. The monoisotopic (exact) mass is 304 g/mol. The highest BCUT2D eigenvalue weighted by molar-refractivity contribution is 5.84. The molecule has 2 amide bonds. The molecule has 1 aromatic carbocycles. The number of rotatable bonds is 6. The number of nitrogens with one attached hydrogen (secondary N) is 3. The van der Waals surface area contributed by atoms with Crippen molar-refractivity contribution in [1.29, 1.82) is 0 Å². The molecule has 1 aliphatic rings. The summed E-state index contributed by atoms with van der Waals surface area (Å²) in [6.07, 6.45) is 3.40. The van der Waals surface area contributed by atoms with Crippen LogP contribution in [-0.2, 0) is 16.0 Å². The molecular formula is C17H26N3O2+. The molecule has 2 atom stereocenters. The van der Waals surface area contributed by atoms with Gasteiger partial charge in [0.25, 0.3) is 5.91 Å². The van der Waals surface area contributed by atoms with E-state index in [1.54, 1.807) is 0 Å². The number of amides is 2. The Morgan fingerprint density at radius 1 is 1.23 bits per heavy atom. The highest BCUT2D eigenvalue weighted by Gasteiger charge is 2.27. The summed E-state index contributed by atoms with van der Waals surface area (Å²) in [5.74, 6) is -0.219. The van der Waals surface area contributed by atoms with E-state index in [0.29, 0.717) is 19.1 Å². The smallest absolute Gasteiger partial charge is 0.275 e. The minimum absolute atomic E-state index is 0.0568. The molecule has 0 fully saturated rings. The normalized spacial score (nSPS) is 18.2. The highest BCUT2D eigenvalue weighted by Crippen LogP contribution is 2.27. The summed E-state index contributed by atoms with van der Waals surface area (Å²) in [7, 11) is 2.05. The van der Waals surface area contributed by atoms with Crippen LogP contribution in [0.1, 0.15) is 36.9 Å². The van der Waals surface area contributed by atoms with Crippen LogP contribution >= 0.6 is 0 Å². The summed E-state index contributed by atoms with van der Waals surface area (Å²) >= 11 is 0. The van der Waals surface area contributed by atoms with Gasteiger partial charge in [-0.3, -0.25) is 9.59 Å². The van der Waals surface area contributed by atoms with E-state index in [9.17, 15) is 9.59 Å². The van der Waals surface area contributed by atoms with Crippen LogP contribution in [0.25, 0.3) is 0 Å². The number of quaternary nitrogens is 1. The average Bonchev–Trinajstić information content (AvgIpc) is 2.52. The van der Waals surface area contributed by atoms with Gasteiger partial charge in [0.05, 0.1) is 13.6 Å². The fourth-order valence-electron chi connectivity index (χ4n) is 3.14. The van der Waals surface area contributed by atoms with Gasteiger partial charge in [-0.05, 0) is 25.3 Å². The standard InChI is InChI=1S/C17H25N3O2/c1-3-18-16(21)11-19-17(22)12-20(2)15-10-6-8-13-7-4-5-9-14(13)15/h4-5,7,9,15H,3,6,8,10-12H2,1-2H3,(H,18,21)(H,19,22)/p+1/t15-/m0/s1. The van der Waals surface area contributed by atoms with E-state index in [1.807, 2.05) is 6.92 Å². The van der Waals surface area contributed by atoms with E-state index >= 15 is 0 Å². The summed E-state index contributed by atoms with van der Waals surface area (Å²) in [4.78, 5) is 24.6. The number of benzene rings is 1. The largest absolute Gasteiger partial charge is 0.355 e. The summed E-state index contributed by atoms with van der Waals surface area (Å²) in [5, 5.41) is 5.36. The Balaban J connectivity index is 1.89. The number of likely N-dealkylation sites (N-methyl/N-ethyl adjacent to an activating group) is 2. The molecule has 0 saturated carbocycles. The minimum Gasteiger partial charge on any atom is -0.355 e. The molecule has 2 rings (SSSR count). The topological polar surface area (TPSA) is 62.6 Å². The van der Waals surface area contributed by atoms with Gasteiger partial charge in [-0.25, -0.2) is 0 Å². The van der Waals surface area contributed by atoms with Gasteiger partial charge in [0.15, 0.2) is 6.54 Å². The molecule has 0 saturated heterocycles. The van der Waals surface area contributed by atoms with Crippen LogP contribution < -0.4 is 15.5 Å². The second kappa shape index (κ2) is 7.94. The van der Waals surface area contributed by atoms with Crippen LogP contribution in [0, 0.1) is 0 Å². The third kappa shape index (κ3) is 4.31. The third-order valence-corrected chi connectivity index (χ3v) is 4.22. The highest BCUT2D eigenvalue weighted by atomic mass is 16.2. The van der Waals surface area contributed by atoms with Gasteiger partial charge in [0.1, 0.15) is 6.04 Å². The molecule has 5 nitrogen and oxygen atoms in total. The predicted octanol–water partition coefficient (Wildman–Crippen LogP) is -0.169. The molecular weight excluding hydrogens is 278 g/mol. The van der Waals surface area contributed by atoms with Gasteiger partial charge in [0, 0.05) is 18.5 Å². The maximum atomic E-state index is 12.0. The van der Waals surface area contributed by atoms with E-state index < -0.39 is 0 Å². The van der Waals surface area contributed by atoms with Gasteiger partial charge in [0.2, 0.25) is 5.91 Å². The van der Waals surface area contributed by atoms with E-state index in [4.69, 9.17) is 0 Å². The Kier molecular flexibility index (Phi) is 5.95. The molecule has 3 N–H and O–H groups in total.